The molecule has 0 aliphatic carbocycles. The molecule has 0 fully saturated rings. The first kappa shape index (κ1) is 19.5. The Hall–Kier alpha value is -2.23. The summed E-state index contributed by atoms with van der Waals surface area (Å²) in [6, 6.07) is 29.6. The third-order valence-electron chi connectivity index (χ3n) is 4.53. The van der Waals surface area contributed by atoms with Crippen molar-refractivity contribution in [2.45, 2.75) is 11.8 Å². The lowest BCUT2D eigenvalue weighted by Crippen LogP contribution is -2.28. The molecule has 3 aromatic carbocycles. The summed E-state index contributed by atoms with van der Waals surface area (Å²) in [5.41, 5.74) is 2.99. The van der Waals surface area contributed by atoms with Gasteiger partial charge in [0.2, 0.25) is 0 Å². The van der Waals surface area contributed by atoms with Crippen LogP contribution >= 0.6 is 7.60 Å². The van der Waals surface area contributed by atoms with E-state index in [1.807, 2.05) is 66.7 Å². The van der Waals surface area contributed by atoms with E-state index in [4.69, 9.17) is 9.05 Å². The van der Waals surface area contributed by atoms with Crippen LogP contribution in [-0.2, 0) is 13.6 Å². The SMILES string of the molecule is COP(=O)(OC)[C@H](NC(c1ccccc1)c1ccccc1)c1ccccc1. The molecule has 0 bridgehead atoms. The van der Waals surface area contributed by atoms with Gasteiger partial charge >= 0.3 is 7.60 Å². The number of hydrogen-bond donors (Lipinski definition) is 1. The Labute approximate surface area is 160 Å². The van der Waals surface area contributed by atoms with Crippen LogP contribution in [0.4, 0.5) is 0 Å². The highest BCUT2D eigenvalue weighted by atomic mass is 31.2. The second-order valence-corrected chi connectivity index (χ2v) is 8.47. The normalized spacial score (nSPS) is 12.9. The summed E-state index contributed by atoms with van der Waals surface area (Å²) in [5, 5.41) is 3.53. The average molecular weight is 381 g/mol. The van der Waals surface area contributed by atoms with Gasteiger partial charge in [0, 0.05) is 14.2 Å². The molecule has 0 aromatic heterocycles. The zero-order valence-corrected chi connectivity index (χ0v) is 16.4. The third-order valence-corrected chi connectivity index (χ3v) is 6.63. The molecule has 0 saturated carbocycles. The zero-order valence-electron chi connectivity index (χ0n) is 15.5. The topological polar surface area (TPSA) is 47.6 Å². The molecule has 0 aliphatic rings. The fourth-order valence-corrected chi connectivity index (χ4v) is 4.56. The summed E-state index contributed by atoms with van der Waals surface area (Å²) in [5.74, 6) is -0.612. The highest BCUT2D eigenvalue weighted by molar-refractivity contribution is 7.54. The average Bonchev–Trinajstić information content (AvgIpc) is 2.76. The second-order valence-electron chi connectivity index (χ2n) is 6.14. The van der Waals surface area contributed by atoms with Crippen LogP contribution in [0.3, 0.4) is 0 Å². The van der Waals surface area contributed by atoms with Crippen molar-refractivity contribution in [3.63, 3.8) is 0 Å². The van der Waals surface area contributed by atoms with Crippen molar-refractivity contribution < 1.29 is 13.6 Å². The molecule has 0 saturated heterocycles. The van der Waals surface area contributed by atoms with Crippen LogP contribution in [0.5, 0.6) is 0 Å². The van der Waals surface area contributed by atoms with Crippen LogP contribution in [-0.4, -0.2) is 14.2 Å². The van der Waals surface area contributed by atoms with Crippen LogP contribution < -0.4 is 5.32 Å². The van der Waals surface area contributed by atoms with Crippen LogP contribution in [0.25, 0.3) is 0 Å². The molecule has 0 heterocycles. The molecule has 0 unspecified atom stereocenters. The summed E-state index contributed by atoms with van der Waals surface area (Å²) in [4.78, 5) is 0. The predicted octanol–water partition coefficient (Wildman–Crippen LogP) is 5.55. The van der Waals surface area contributed by atoms with Crippen molar-refractivity contribution in [1.82, 2.24) is 5.32 Å². The Morgan fingerprint density at radius 1 is 0.667 bits per heavy atom. The van der Waals surface area contributed by atoms with Crippen molar-refractivity contribution in [2.75, 3.05) is 14.2 Å². The molecule has 1 N–H and O–H groups in total. The Bertz CT molecular complexity index is 824. The summed E-state index contributed by atoms with van der Waals surface area (Å²) in [6.07, 6.45) is 0. The fraction of sp³-hybridized carbons (Fsp3) is 0.182. The Kier molecular flexibility index (Phi) is 6.59. The third kappa shape index (κ3) is 4.55. The molecular formula is C22H24NO3P. The maximum absolute atomic E-state index is 13.3. The maximum Gasteiger partial charge on any atom is 0.351 e. The Morgan fingerprint density at radius 2 is 1.04 bits per heavy atom. The number of benzene rings is 3. The second kappa shape index (κ2) is 9.12. The van der Waals surface area contributed by atoms with E-state index in [1.165, 1.54) is 14.2 Å². The zero-order chi connectivity index (χ0) is 19.1. The van der Waals surface area contributed by atoms with Crippen molar-refractivity contribution in [2.24, 2.45) is 0 Å². The largest absolute Gasteiger partial charge is 0.351 e. The van der Waals surface area contributed by atoms with Gasteiger partial charge in [-0.3, -0.25) is 9.88 Å². The lowest BCUT2D eigenvalue weighted by molar-refractivity contribution is 0.257. The Balaban J connectivity index is 2.06. The fourth-order valence-electron chi connectivity index (χ4n) is 3.12. The minimum absolute atomic E-state index is 0.170. The van der Waals surface area contributed by atoms with Gasteiger partial charge in [0.1, 0.15) is 5.78 Å². The van der Waals surface area contributed by atoms with Crippen LogP contribution in [0.15, 0.2) is 91.0 Å². The maximum atomic E-state index is 13.3. The van der Waals surface area contributed by atoms with E-state index in [1.54, 1.807) is 0 Å². The quantitative estimate of drug-likeness (QED) is 0.520. The number of nitrogens with one attached hydrogen (secondary N) is 1. The van der Waals surface area contributed by atoms with Crippen LogP contribution in [0, 0.1) is 0 Å². The molecule has 4 nitrogen and oxygen atoms in total. The highest BCUT2D eigenvalue weighted by Gasteiger charge is 2.37. The van der Waals surface area contributed by atoms with Crippen molar-refractivity contribution >= 4 is 7.60 Å². The van der Waals surface area contributed by atoms with Crippen molar-refractivity contribution in [3.05, 3.63) is 108 Å². The van der Waals surface area contributed by atoms with Gasteiger partial charge in [-0.15, -0.1) is 0 Å². The monoisotopic (exact) mass is 381 g/mol. The minimum Gasteiger partial charge on any atom is -0.311 e. The lowest BCUT2D eigenvalue weighted by Gasteiger charge is -2.30. The van der Waals surface area contributed by atoms with E-state index in [0.29, 0.717) is 0 Å². The standard InChI is InChI=1S/C22H24NO3P/c1-25-27(24,26-2)22(20-16-10-5-11-17-20)23-21(18-12-6-3-7-13-18)19-14-8-4-9-15-19/h3-17,21-23H,1-2H3/t22-/m0/s1. The lowest BCUT2D eigenvalue weighted by atomic mass is 9.98. The first-order chi connectivity index (χ1) is 13.2. The molecule has 0 aliphatic heterocycles. The molecule has 0 radical (unpaired) electrons. The summed E-state index contributed by atoms with van der Waals surface area (Å²) < 4.78 is 24.0. The summed E-state index contributed by atoms with van der Waals surface area (Å²) >= 11 is 0. The van der Waals surface area contributed by atoms with Gasteiger partial charge in [0.25, 0.3) is 0 Å². The van der Waals surface area contributed by atoms with Gasteiger partial charge in [-0.2, -0.15) is 0 Å². The van der Waals surface area contributed by atoms with Crippen LogP contribution in [0.2, 0.25) is 0 Å². The van der Waals surface area contributed by atoms with Crippen LogP contribution in [0.1, 0.15) is 28.5 Å². The van der Waals surface area contributed by atoms with Crippen molar-refractivity contribution in [3.8, 4) is 0 Å². The van der Waals surface area contributed by atoms with E-state index in [2.05, 4.69) is 29.6 Å². The molecule has 1 atom stereocenters. The van der Waals surface area contributed by atoms with Gasteiger partial charge in [-0.25, -0.2) is 0 Å². The number of rotatable bonds is 8. The molecule has 3 rings (SSSR count). The van der Waals surface area contributed by atoms with E-state index in [9.17, 15) is 4.57 Å². The molecule has 3 aromatic rings. The molecular weight excluding hydrogens is 357 g/mol. The molecule has 27 heavy (non-hydrogen) atoms. The number of hydrogen-bond acceptors (Lipinski definition) is 4. The minimum atomic E-state index is -3.42. The Morgan fingerprint density at radius 3 is 1.41 bits per heavy atom. The molecule has 5 heteroatoms. The van der Waals surface area contributed by atoms with Gasteiger partial charge < -0.3 is 9.05 Å². The van der Waals surface area contributed by atoms with Crippen molar-refractivity contribution in [1.29, 1.82) is 0 Å². The first-order valence-corrected chi connectivity index (χ1v) is 10.4. The van der Waals surface area contributed by atoms with E-state index in [-0.39, 0.29) is 6.04 Å². The van der Waals surface area contributed by atoms with Gasteiger partial charge in [-0.1, -0.05) is 91.0 Å². The molecule has 0 amide bonds. The molecule has 0 spiro atoms. The van der Waals surface area contributed by atoms with Gasteiger partial charge in [-0.05, 0) is 16.7 Å². The van der Waals surface area contributed by atoms with E-state index in [0.717, 1.165) is 16.7 Å². The van der Waals surface area contributed by atoms with Gasteiger partial charge in [0.05, 0.1) is 6.04 Å². The molecule has 140 valence electrons. The van der Waals surface area contributed by atoms with E-state index < -0.39 is 13.4 Å². The first-order valence-electron chi connectivity index (χ1n) is 8.80. The predicted molar refractivity (Wildman–Crippen MR) is 109 cm³/mol. The summed E-state index contributed by atoms with van der Waals surface area (Å²) in [6.45, 7) is 0. The highest BCUT2D eigenvalue weighted by Crippen LogP contribution is 2.59. The van der Waals surface area contributed by atoms with Gasteiger partial charge in [0.15, 0.2) is 0 Å². The van der Waals surface area contributed by atoms with E-state index >= 15 is 0 Å². The smallest absolute Gasteiger partial charge is 0.311 e. The summed E-state index contributed by atoms with van der Waals surface area (Å²) in [7, 11) is -0.582.